The van der Waals surface area contributed by atoms with Gasteiger partial charge in [-0.3, -0.25) is 4.79 Å². The summed E-state index contributed by atoms with van der Waals surface area (Å²) in [5.41, 5.74) is 5.02. The molecule has 0 rings (SSSR count). The predicted octanol–water partition coefficient (Wildman–Crippen LogP) is 0.520. The van der Waals surface area contributed by atoms with E-state index in [1.165, 1.54) is 0 Å². The summed E-state index contributed by atoms with van der Waals surface area (Å²) >= 11 is 0. The molecular formula is C8H19NO4Si. The van der Waals surface area contributed by atoms with Gasteiger partial charge in [-0.05, 0) is 12.8 Å². The number of carbonyl (C=O) groups excluding carboxylic acids is 1. The molecule has 0 fully saturated rings. The Morgan fingerprint density at radius 3 is 2.00 bits per heavy atom. The average Bonchev–Trinajstić information content (AvgIpc) is 2.19. The van der Waals surface area contributed by atoms with Gasteiger partial charge in [-0.25, -0.2) is 0 Å². The highest BCUT2D eigenvalue weighted by Crippen LogP contribution is 2.16. The quantitative estimate of drug-likeness (QED) is 0.479. The molecule has 84 valence electrons. The standard InChI is InChI=1S/C8H19NO4Si/c1-11-14(12-2,13-3)7-5-4-6-8(9)10/h4-7H2,1-3H3,(H2,9,10). The summed E-state index contributed by atoms with van der Waals surface area (Å²) in [7, 11) is 2.29. The third kappa shape index (κ3) is 4.71. The highest BCUT2D eigenvalue weighted by molar-refractivity contribution is 6.60. The van der Waals surface area contributed by atoms with Gasteiger partial charge in [0, 0.05) is 33.8 Å². The first-order valence-electron chi connectivity index (χ1n) is 4.54. The second-order valence-electron chi connectivity index (χ2n) is 2.97. The lowest BCUT2D eigenvalue weighted by Gasteiger charge is -2.24. The van der Waals surface area contributed by atoms with Gasteiger partial charge in [-0.2, -0.15) is 0 Å². The molecule has 0 aliphatic heterocycles. The monoisotopic (exact) mass is 221 g/mol. The number of unbranched alkanes of at least 4 members (excludes halogenated alkanes) is 1. The van der Waals surface area contributed by atoms with E-state index in [0.29, 0.717) is 12.5 Å². The molecule has 14 heavy (non-hydrogen) atoms. The van der Waals surface area contributed by atoms with E-state index < -0.39 is 8.80 Å². The fourth-order valence-corrected chi connectivity index (χ4v) is 2.99. The third-order valence-corrected chi connectivity index (χ3v) is 4.92. The molecule has 0 aromatic heterocycles. The van der Waals surface area contributed by atoms with Crippen LogP contribution in [0.15, 0.2) is 0 Å². The number of primary amides is 1. The van der Waals surface area contributed by atoms with Gasteiger partial charge in [0.15, 0.2) is 0 Å². The predicted molar refractivity (Wildman–Crippen MR) is 54.6 cm³/mol. The molecule has 0 atom stereocenters. The summed E-state index contributed by atoms with van der Waals surface area (Å²) < 4.78 is 15.7. The Labute approximate surface area is 85.9 Å². The van der Waals surface area contributed by atoms with E-state index in [1.54, 1.807) is 21.3 Å². The smallest absolute Gasteiger partial charge is 0.377 e. The maximum absolute atomic E-state index is 10.5. The zero-order valence-electron chi connectivity index (χ0n) is 9.04. The maximum atomic E-state index is 10.5. The molecule has 5 nitrogen and oxygen atoms in total. The van der Waals surface area contributed by atoms with Gasteiger partial charge in [-0.15, -0.1) is 0 Å². The molecule has 1 amide bonds. The van der Waals surface area contributed by atoms with Crippen molar-refractivity contribution in [2.24, 2.45) is 5.73 Å². The number of carbonyl (C=O) groups is 1. The van der Waals surface area contributed by atoms with E-state index in [9.17, 15) is 4.79 Å². The number of hydrogen-bond donors (Lipinski definition) is 1. The Bertz CT molecular complexity index is 164. The first kappa shape index (κ1) is 13.6. The van der Waals surface area contributed by atoms with Crippen molar-refractivity contribution in [3.05, 3.63) is 0 Å². The van der Waals surface area contributed by atoms with Crippen molar-refractivity contribution in [1.29, 1.82) is 0 Å². The summed E-state index contributed by atoms with van der Waals surface area (Å²) in [6.45, 7) is 0. The molecule has 0 aromatic carbocycles. The third-order valence-electron chi connectivity index (χ3n) is 2.09. The molecule has 2 N–H and O–H groups in total. The molecule has 0 spiro atoms. The van der Waals surface area contributed by atoms with Crippen LogP contribution in [-0.2, 0) is 18.1 Å². The van der Waals surface area contributed by atoms with E-state index >= 15 is 0 Å². The van der Waals surface area contributed by atoms with Crippen LogP contribution in [0.1, 0.15) is 19.3 Å². The molecule has 6 heteroatoms. The Kier molecular flexibility index (Phi) is 6.72. The Morgan fingerprint density at radius 1 is 1.14 bits per heavy atom. The van der Waals surface area contributed by atoms with Crippen LogP contribution in [0.2, 0.25) is 6.04 Å². The molecule has 0 unspecified atom stereocenters. The Balaban J connectivity index is 3.77. The molecule has 0 heterocycles. The van der Waals surface area contributed by atoms with Crippen molar-refractivity contribution in [2.45, 2.75) is 25.3 Å². The molecule has 0 saturated carbocycles. The lowest BCUT2D eigenvalue weighted by Crippen LogP contribution is -2.42. The average molecular weight is 221 g/mol. The first-order chi connectivity index (χ1) is 6.60. The van der Waals surface area contributed by atoms with Crippen LogP contribution in [-0.4, -0.2) is 36.0 Å². The Morgan fingerprint density at radius 2 is 1.64 bits per heavy atom. The topological polar surface area (TPSA) is 70.8 Å². The summed E-state index contributed by atoms with van der Waals surface area (Å²) in [5, 5.41) is 0. The van der Waals surface area contributed by atoms with Crippen LogP contribution < -0.4 is 5.73 Å². The summed E-state index contributed by atoms with van der Waals surface area (Å²) in [6, 6.07) is 0.712. The van der Waals surface area contributed by atoms with Crippen molar-refractivity contribution in [1.82, 2.24) is 0 Å². The minimum Gasteiger partial charge on any atom is -0.377 e. The van der Waals surface area contributed by atoms with E-state index in [-0.39, 0.29) is 5.91 Å². The number of nitrogens with two attached hydrogens (primary N) is 1. The van der Waals surface area contributed by atoms with Crippen LogP contribution >= 0.6 is 0 Å². The van der Waals surface area contributed by atoms with Gasteiger partial charge < -0.3 is 19.0 Å². The van der Waals surface area contributed by atoms with Gasteiger partial charge in [0.2, 0.25) is 5.91 Å². The minimum atomic E-state index is -2.44. The first-order valence-corrected chi connectivity index (χ1v) is 6.47. The van der Waals surface area contributed by atoms with Gasteiger partial charge in [0.05, 0.1) is 0 Å². The highest BCUT2D eigenvalue weighted by atomic mass is 28.4. The zero-order chi connectivity index (χ0) is 11.0. The van der Waals surface area contributed by atoms with Gasteiger partial charge in [-0.1, -0.05) is 0 Å². The maximum Gasteiger partial charge on any atom is 0.500 e. The molecule has 0 aliphatic carbocycles. The van der Waals surface area contributed by atoms with Crippen LogP contribution in [0.5, 0.6) is 0 Å². The fourth-order valence-electron chi connectivity index (χ4n) is 1.20. The number of amides is 1. The van der Waals surface area contributed by atoms with Crippen LogP contribution in [0.25, 0.3) is 0 Å². The molecule has 0 bridgehead atoms. The zero-order valence-corrected chi connectivity index (χ0v) is 10.0. The van der Waals surface area contributed by atoms with E-state index in [1.807, 2.05) is 0 Å². The number of rotatable bonds is 8. The van der Waals surface area contributed by atoms with E-state index in [4.69, 9.17) is 19.0 Å². The SMILES string of the molecule is CO[Si](CCCCC(N)=O)(OC)OC. The van der Waals surface area contributed by atoms with Crippen LogP contribution in [0.4, 0.5) is 0 Å². The largest absolute Gasteiger partial charge is 0.500 e. The van der Waals surface area contributed by atoms with E-state index in [2.05, 4.69) is 0 Å². The second kappa shape index (κ2) is 6.94. The summed E-state index contributed by atoms with van der Waals surface area (Å²) in [6.07, 6.45) is 1.98. The van der Waals surface area contributed by atoms with Gasteiger partial charge in [0.25, 0.3) is 0 Å². The van der Waals surface area contributed by atoms with Crippen molar-refractivity contribution < 1.29 is 18.1 Å². The normalized spacial score (nSPS) is 11.6. The lowest BCUT2D eigenvalue weighted by molar-refractivity contribution is -0.118. The van der Waals surface area contributed by atoms with Gasteiger partial charge in [0.1, 0.15) is 0 Å². The van der Waals surface area contributed by atoms with Crippen LogP contribution in [0.3, 0.4) is 0 Å². The summed E-state index contributed by atoms with van der Waals surface area (Å²) in [4.78, 5) is 10.5. The lowest BCUT2D eigenvalue weighted by atomic mass is 10.2. The van der Waals surface area contributed by atoms with Crippen molar-refractivity contribution in [3.8, 4) is 0 Å². The van der Waals surface area contributed by atoms with E-state index in [0.717, 1.165) is 12.8 Å². The van der Waals surface area contributed by atoms with Crippen molar-refractivity contribution >= 4 is 14.7 Å². The second-order valence-corrected chi connectivity index (χ2v) is 6.06. The number of hydrogen-bond acceptors (Lipinski definition) is 4. The highest BCUT2D eigenvalue weighted by Gasteiger charge is 2.36. The fraction of sp³-hybridized carbons (Fsp3) is 0.875. The summed E-state index contributed by atoms with van der Waals surface area (Å²) in [5.74, 6) is -0.274. The van der Waals surface area contributed by atoms with Gasteiger partial charge >= 0.3 is 8.80 Å². The van der Waals surface area contributed by atoms with Crippen LogP contribution in [0, 0.1) is 0 Å². The molecule has 0 aromatic rings. The Hall–Kier alpha value is -0.433. The minimum absolute atomic E-state index is 0.274. The molecule has 0 aliphatic rings. The van der Waals surface area contributed by atoms with Crippen molar-refractivity contribution in [2.75, 3.05) is 21.3 Å². The molecule has 0 saturated heterocycles. The molecule has 0 radical (unpaired) electrons. The van der Waals surface area contributed by atoms with Crippen molar-refractivity contribution in [3.63, 3.8) is 0 Å². The molecular weight excluding hydrogens is 202 g/mol.